The molecule has 0 aliphatic carbocycles. The number of aromatic nitrogens is 1. The summed E-state index contributed by atoms with van der Waals surface area (Å²) in [6.45, 7) is 8.92. The first-order valence-electron chi connectivity index (χ1n) is 13.3. The molecule has 4 aromatic rings. The minimum atomic E-state index is -4.39. The lowest BCUT2D eigenvalue weighted by molar-refractivity contribution is -0.385. The van der Waals surface area contributed by atoms with Crippen molar-refractivity contribution < 1.29 is 22.9 Å². The number of sulfonamides is 1. The highest BCUT2D eigenvalue weighted by molar-refractivity contribution is 7.92. The number of nitro benzene ring substituents is 1. The highest BCUT2D eigenvalue weighted by Gasteiger charge is 2.29. The summed E-state index contributed by atoms with van der Waals surface area (Å²) in [5.74, 6) is -0.222. The van der Waals surface area contributed by atoms with Gasteiger partial charge in [-0.3, -0.25) is 19.2 Å². The fourth-order valence-electron chi connectivity index (χ4n) is 4.66. The highest BCUT2D eigenvalue weighted by Crippen LogP contribution is 2.29. The van der Waals surface area contributed by atoms with Crippen molar-refractivity contribution >= 4 is 33.5 Å². The predicted octanol–water partition coefficient (Wildman–Crippen LogP) is 5.28. The van der Waals surface area contributed by atoms with Gasteiger partial charge in [-0.2, -0.15) is 5.10 Å². The maximum absolute atomic E-state index is 13.7. The lowest BCUT2D eigenvalue weighted by Crippen LogP contribution is -2.39. The summed E-state index contributed by atoms with van der Waals surface area (Å²) in [5.41, 5.74) is 8.60. The number of aryl methyl sites for hydroxylation is 4. The van der Waals surface area contributed by atoms with Gasteiger partial charge in [-0.1, -0.05) is 12.1 Å². The third-order valence-corrected chi connectivity index (χ3v) is 8.99. The minimum Gasteiger partial charge on any atom is -0.497 e. The van der Waals surface area contributed by atoms with Gasteiger partial charge in [-0.25, -0.2) is 13.8 Å². The van der Waals surface area contributed by atoms with Crippen LogP contribution in [0, 0.1) is 44.7 Å². The summed E-state index contributed by atoms with van der Waals surface area (Å²) in [6.07, 6.45) is 1.51. The molecule has 43 heavy (non-hydrogen) atoms. The van der Waals surface area contributed by atoms with Crippen molar-refractivity contribution in [3.05, 3.63) is 110 Å². The maximum atomic E-state index is 13.7. The van der Waals surface area contributed by atoms with Crippen LogP contribution < -0.4 is 14.5 Å². The molecular formula is C31H33N5O6S. The molecule has 4 rings (SSSR count). The zero-order valence-corrected chi connectivity index (χ0v) is 25.6. The predicted molar refractivity (Wildman–Crippen MR) is 166 cm³/mol. The third kappa shape index (κ3) is 6.59. The fourth-order valence-corrected chi connectivity index (χ4v) is 6.10. The molecule has 11 nitrogen and oxygen atoms in total. The van der Waals surface area contributed by atoms with Crippen LogP contribution >= 0.6 is 0 Å². The lowest BCUT2D eigenvalue weighted by Gasteiger charge is -2.24. The van der Waals surface area contributed by atoms with Crippen molar-refractivity contribution in [2.45, 2.75) is 39.5 Å². The number of hydrazone groups is 1. The Morgan fingerprint density at radius 1 is 0.977 bits per heavy atom. The number of anilines is 1. The van der Waals surface area contributed by atoms with Crippen LogP contribution in [-0.4, -0.2) is 43.7 Å². The molecule has 0 aliphatic rings. The smallest absolute Gasteiger partial charge is 0.273 e. The van der Waals surface area contributed by atoms with Crippen LogP contribution in [0.3, 0.4) is 0 Å². The first-order chi connectivity index (χ1) is 20.3. The quantitative estimate of drug-likeness (QED) is 0.149. The molecule has 12 heteroatoms. The molecule has 0 unspecified atom stereocenters. The highest BCUT2D eigenvalue weighted by atomic mass is 32.2. The zero-order chi connectivity index (χ0) is 31.5. The van der Waals surface area contributed by atoms with Gasteiger partial charge < -0.3 is 9.30 Å². The van der Waals surface area contributed by atoms with Crippen molar-refractivity contribution in [2.24, 2.45) is 5.10 Å². The van der Waals surface area contributed by atoms with E-state index in [9.17, 15) is 23.3 Å². The second-order valence-corrected chi connectivity index (χ2v) is 12.0. The molecule has 1 aromatic heterocycles. The van der Waals surface area contributed by atoms with E-state index in [0.29, 0.717) is 11.3 Å². The average Bonchev–Trinajstić information content (AvgIpc) is 3.25. The molecule has 0 saturated heterocycles. The van der Waals surface area contributed by atoms with E-state index in [1.807, 2.05) is 26.0 Å². The van der Waals surface area contributed by atoms with Crippen LogP contribution in [0.15, 0.2) is 76.7 Å². The van der Waals surface area contributed by atoms with E-state index in [4.69, 9.17) is 4.74 Å². The summed E-state index contributed by atoms with van der Waals surface area (Å²) < 4.78 is 35.6. The van der Waals surface area contributed by atoms with Crippen molar-refractivity contribution in [2.75, 3.05) is 18.0 Å². The number of nitrogens with one attached hydrogen (secondary N) is 1. The number of ether oxygens (including phenoxy) is 1. The first kappa shape index (κ1) is 31.0. The van der Waals surface area contributed by atoms with Gasteiger partial charge in [0.15, 0.2) is 0 Å². The second-order valence-electron chi connectivity index (χ2n) is 10.1. The molecule has 0 atom stereocenters. The number of nitrogens with zero attached hydrogens (tertiary/aromatic N) is 4. The number of nitro groups is 1. The number of carbonyl (C=O) groups excluding carboxylic acids is 1. The number of methoxy groups -OCH3 is 1. The molecule has 3 aromatic carbocycles. The largest absolute Gasteiger partial charge is 0.497 e. The normalized spacial score (nSPS) is 11.5. The van der Waals surface area contributed by atoms with Crippen molar-refractivity contribution in [3.63, 3.8) is 0 Å². The molecule has 1 amide bonds. The van der Waals surface area contributed by atoms with Crippen molar-refractivity contribution in [3.8, 4) is 11.4 Å². The summed E-state index contributed by atoms with van der Waals surface area (Å²) >= 11 is 0. The van der Waals surface area contributed by atoms with Gasteiger partial charge >= 0.3 is 0 Å². The maximum Gasteiger partial charge on any atom is 0.273 e. The standard InChI is InChI=1S/C31H33N5O6S/c1-20-7-9-27(15-22(20)3)35-23(4)16-25(24(35)5)18-32-33-31(37)19-34(26-10-12-28(42-6)13-11-26)43(40,41)29-14-8-21(2)30(17-29)36(38)39/h7-18H,19H2,1-6H3,(H,33,37)/b32-18+. The van der Waals surface area contributed by atoms with E-state index in [-0.39, 0.29) is 16.3 Å². The minimum absolute atomic E-state index is 0.167. The Labute approximate surface area is 250 Å². The van der Waals surface area contributed by atoms with Crippen LogP contribution in [0.5, 0.6) is 5.75 Å². The summed E-state index contributed by atoms with van der Waals surface area (Å²) in [6, 6.07) is 17.8. The molecule has 0 fully saturated rings. The molecule has 0 bridgehead atoms. The Morgan fingerprint density at radius 2 is 1.65 bits per heavy atom. The Kier molecular flexibility index (Phi) is 9.00. The number of amides is 1. The van der Waals surface area contributed by atoms with Gasteiger partial charge in [0.2, 0.25) is 0 Å². The van der Waals surface area contributed by atoms with Crippen LogP contribution in [-0.2, 0) is 14.8 Å². The number of rotatable bonds is 10. The first-order valence-corrected chi connectivity index (χ1v) is 14.8. The average molecular weight is 604 g/mol. The van der Waals surface area contributed by atoms with Crippen LogP contribution in [0.25, 0.3) is 5.69 Å². The topological polar surface area (TPSA) is 136 Å². The van der Waals surface area contributed by atoms with E-state index in [1.54, 1.807) is 12.1 Å². The number of hydrogen-bond donors (Lipinski definition) is 1. The van der Waals surface area contributed by atoms with Crippen molar-refractivity contribution in [1.82, 2.24) is 9.99 Å². The van der Waals surface area contributed by atoms with E-state index >= 15 is 0 Å². The summed E-state index contributed by atoms with van der Waals surface area (Å²) in [5, 5.41) is 15.6. The zero-order valence-electron chi connectivity index (χ0n) is 24.8. The Bertz CT molecular complexity index is 1830. The van der Waals surface area contributed by atoms with Gasteiger partial charge in [-0.15, -0.1) is 0 Å². The van der Waals surface area contributed by atoms with Crippen molar-refractivity contribution in [1.29, 1.82) is 0 Å². The van der Waals surface area contributed by atoms with E-state index in [2.05, 4.69) is 41.1 Å². The SMILES string of the molecule is COc1ccc(N(CC(=O)N/N=C/c2cc(C)n(-c3ccc(C)c(C)c3)c2C)S(=O)(=O)c2ccc(C)c([N+](=O)[O-])c2)cc1. The molecule has 0 aliphatic heterocycles. The van der Waals surface area contributed by atoms with E-state index < -0.39 is 27.4 Å². The van der Waals surface area contributed by atoms with Crippen LogP contribution in [0.1, 0.15) is 33.6 Å². The fraction of sp³-hybridized carbons (Fsp3) is 0.226. The summed E-state index contributed by atoms with van der Waals surface area (Å²) in [4.78, 5) is 23.5. The summed E-state index contributed by atoms with van der Waals surface area (Å²) in [7, 11) is -2.92. The second kappa shape index (κ2) is 12.5. The molecule has 1 heterocycles. The third-order valence-electron chi connectivity index (χ3n) is 7.22. The number of hydrogen-bond acceptors (Lipinski definition) is 7. The number of benzene rings is 3. The Balaban J connectivity index is 1.60. The molecule has 1 N–H and O–H groups in total. The van der Waals surface area contributed by atoms with E-state index in [1.165, 1.54) is 55.6 Å². The number of carbonyl (C=O) groups is 1. The van der Waals surface area contributed by atoms with Gasteiger partial charge in [0, 0.05) is 34.3 Å². The van der Waals surface area contributed by atoms with Gasteiger partial charge in [0.05, 0.1) is 28.8 Å². The molecule has 0 saturated carbocycles. The van der Waals surface area contributed by atoms with E-state index in [0.717, 1.165) is 33.0 Å². The Hall–Kier alpha value is -4.97. The molecule has 224 valence electrons. The molecular weight excluding hydrogens is 570 g/mol. The van der Waals surface area contributed by atoms with Gasteiger partial charge in [0.25, 0.3) is 21.6 Å². The lowest BCUT2D eigenvalue weighted by atomic mass is 10.1. The van der Waals surface area contributed by atoms with Gasteiger partial charge in [-0.05, 0) is 94.3 Å². The van der Waals surface area contributed by atoms with Crippen LogP contribution in [0.4, 0.5) is 11.4 Å². The Morgan fingerprint density at radius 3 is 2.28 bits per heavy atom. The molecule has 0 radical (unpaired) electrons. The molecule has 0 spiro atoms. The monoisotopic (exact) mass is 603 g/mol. The van der Waals surface area contributed by atoms with Crippen LogP contribution in [0.2, 0.25) is 0 Å². The van der Waals surface area contributed by atoms with Gasteiger partial charge in [0.1, 0.15) is 12.3 Å².